The van der Waals surface area contributed by atoms with E-state index in [9.17, 15) is 4.79 Å². The summed E-state index contributed by atoms with van der Waals surface area (Å²) in [5, 5.41) is 14.1. The molecule has 0 spiro atoms. The van der Waals surface area contributed by atoms with E-state index in [0.717, 1.165) is 41.7 Å². The number of nitrogens with zero attached hydrogens (tertiary/aromatic N) is 4. The first kappa shape index (κ1) is 18.5. The van der Waals surface area contributed by atoms with Crippen LogP contribution in [0.3, 0.4) is 0 Å². The second-order valence-corrected chi connectivity index (χ2v) is 7.93. The number of hydrogen-bond acceptors (Lipinski definition) is 7. The average Bonchev–Trinajstić information content (AvgIpc) is 3.33. The number of rotatable bonds is 7. The van der Waals surface area contributed by atoms with E-state index in [1.807, 2.05) is 19.9 Å². The van der Waals surface area contributed by atoms with Crippen LogP contribution in [-0.2, 0) is 11.2 Å². The molecule has 2 aliphatic rings. The molecule has 5 rings (SSSR count). The number of fused-ring (bicyclic) bond motifs is 1. The fourth-order valence-corrected chi connectivity index (χ4v) is 3.68. The largest absolute Gasteiger partial charge is 0.403 e. The van der Waals surface area contributed by atoms with E-state index < -0.39 is 0 Å². The van der Waals surface area contributed by atoms with Gasteiger partial charge in [-0.25, -0.2) is 9.97 Å². The van der Waals surface area contributed by atoms with E-state index in [1.54, 1.807) is 6.20 Å². The lowest BCUT2D eigenvalue weighted by atomic mass is 10.0. The number of anilines is 2. The third-order valence-corrected chi connectivity index (χ3v) is 5.25. The van der Waals surface area contributed by atoms with Crippen LogP contribution in [0.5, 0.6) is 0 Å². The van der Waals surface area contributed by atoms with Crippen molar-refractivity contribution in [1.82, 2.24) is 20.2 Å². The molecule has 2 aromatic heterocycles. The minimum absolute atomic E-state index is 0.211. The molecule has 0 aliphatic heterocycles. The van der Waals surface area contributed by atoms with Crippen molar-refractivity contribution in [3.05, 3.63) is 53.1 Å². The number of allylic oxidation sites excluding steroid dienone is 1. The van der Waals surface area contributed by atoms with Gasteiger partial charge < -0.3 is 15.1 Å². The maximum absolute atomic E-state index is 10.9. The smallest absolute Gasteiger partial charge is 0.315 e. The summed E-state index contributed by atoms with van der Waals surface area (Å²) in [6, 6.07) is 6.75. The second kappa shape index (κ2) is 7.37. The van der Waals surface area contributed by atoms with Crippen LogP contribution in [0.1, 0.15) is 55.3 Å². The summed E-state index contributed by atoms with van der Waals surface area (Å²) >= 11 is 0. The molecule has 1 aromatic carbocycles. The SMILES string of the molecule is CC(C)Nc1nnc(-c2ccc3c(c2)C(c2ncc(NC=O)c(C4CC4)n2)=CC3)o1. The predicted octanol–water partition coefficient (Wildman–Crippen LogP) is 3.78. The number of benzene rings is 1. The fourth-order valence-electron chi connectivity index (χ4n) is 3.68. The molecule has 8 nitrogen and oxygen atoms in total. The minimum Gasteiger partial charge on any atom is -0.403 e. The van der Waals surface area contributed by atoms with Crippen molar-refractivity contribution in [2.75, 3.05) is 10.6 Å². The Morgan fingerprint density at radius 2 is 2.10 bits per heavy atom. The van der Waals surface area contributed by atoms with Crippen molar-refractivity contribution in [3.63, 3.8) is 0 Å². The van der Waals surface area contributed by atoms with Crippen LogP contribution >= 0.6 is 0 Å². The van der Waals surface area contributed by atoms with E-state index in [-0.39, 0.29) is 6.04 Å². The van der Waals surface area contributed by atoms with Gasteiger partial charge in [-0.15, -0.1) is 5.10 Å². The standard InChI is InChI=1S/C22H22N6O2/c1-12(2)25-22-28-27-21(30-22)15-6-3-13-7-8-16(17(13)9-15)20-23-10-18(24-11-29)19(26-20)14-4-5-14/h3,6,8-12,14H,4-5,7H2,1-2H3,(H,24,29)(H,25,28). The minimum atomic E-state index is 0.211. The van der Waals surface area contributed by atoms with Crippen LogP contribution in [-0.4, -0.2) is 32.6 Å². The van der Waals surface area contributed by atoms with Gasteiger partial charge >= 0.3 is 6.01 Å². The maximum atomic E-state index is 10.9. The highest BCUT2D eigenvalue weighted by molar-refractivity contribution is 5.84. The Kier molecular flexibility index (Phi) is 4.54. The first-order chi connectivity index (χ1) is 14.6. The van der Waals surface area contributed by atoms with E-state index in [4.69, 9.17) is 9.40 Å². The molecule has 0 saturated heterocycles. The highest BCUT2D eigenvalue weighted by Gasteiger charge is 2.29. The lowest BCUT2D eigenvalue weighted by molar-refractivity contribution is -0.105. The van der Waals surface area contributed by atoms with Crippen molar-refractivity contribution in [2.45, 2.75) is 45.1 Å². The van der Waals surface area contributed by atoms with Gasteiger partial charge in [-0.2, -0.15) is 0 Å². The molecule has 1 saturated carbocycles. The summed E-state index contributed by atoms with van der Waals surface area (Å²) in [6.07, 6.45) is 7.53. The van der Waals surface area contributed by atoms with Gasteiger partial charge in [0.25, 0.3) is 0 Å². The van der Waals surface area contributed by atoms with Gasteiger partial charge in [0.05, 0.1) is 17.6 Å². The van der Waals surface area contributed by atoms with Crippen molar-refractivity contribution >= 4 is 23.7 Å². The van der Waals surface area contributed by atoms with E-state index in [2.05, 4.69) is 44.0 Å². The Bertz CT molecular complexity index is 1150. The van der Waals surface area contributed by atoms with Crippen molar-refractivity contribution in [2.24, 2.45) is 0 Å². The molecule has 0 atom stereocenters. The number of amides is 1. The molecule has 0 radical (unpaired) electrons. The molecular formula is C22H22N6O2. The molecule has 3 aromatic rings. The molecule has 2 aliphatic carbocycles. The van der Waals surface area contributed by atoms with Crippen LogP contribution < -0.4 is 10.6 Å². The summed E-state index contributed by atoms with van der Waals surface area (Å²) in [6.45, 7) is 4.03. The zero-order chi connectivity index (χ0) is 20.7. The Hall–Kier alpha value is -3.55. The van der Waals surface area contributed by atoms with Crippen LogP contribution in [0.25, 0.3) is 17.0 Å². The van der Waals surface area contributed by atoms with Gasteiger partial charge in [-0.1, -0.05) is 17.2 Å². The summed E-state index contributed by atoms with van der Waals surface area (Å²) in [4.78, 5) is 20.2. The Morgan fingerprint density at radius 3 is 2.87 bits per heavy atom. The van der Waals surface area contributed by atoms with Crippen molar-refractivity contribution in [1.29, 1.82) is 0 Å². The number of nitrogens with one attached hydrogen (secondary N) is 2. The lowest BCUT2D eigenvalue weighted by Gasteiger charge is -2.10. The van der Waals surface area contributed by atoms with Gasteiger partial charge in [0, 0.05) is 23.1 Å². The molecule has 2 heterocycles. The molecule has 0 bridgehead atoms. The van der Waals surface area contributed by atoms with Crippen LogP contribution in [0.4, 0.5) is 11.7 Å². The maximum Gasteiger partial charge on any atom is 0.315 e. The van der Waals surface area contributed by atoms with Crippen LogP contribution in [0, 0.1) is 0 Å². The molecule has 0 unspecified atom stereocenters. The number of aromatic nitrogens is 4. The molecular weight excluding hydrogens is 380 g/mol. The van der Waals surface area contributed by atoms with Gasteiger partial charge in [0.15, 0.2) is 5.82 Å². The zero-order valence-electron chi connectivity index (χ0n) is 16.8. The molecule has 30 heavy (non-hydrogen) atoms. The van der Waals surface area contributed by atoms with Crippen LogP contribution in [0.2, 0.25) is 0 Å². The Labute approximate surface area is 173 Å². The molecule has 2 N–H and O–H groups in total. The average molecular weight is 402 g/mol. The summed E-state index contributed by atoms with van der Waals surface area (Å²) in [7, 11) is 0. The molecule has 8 heteroatoms. The second-order valence-electron chi connectivity index (χ2n) is 7.93. The number of carbonyl (C=O) groups is 1. The summed E-state index contributed by atoms with van der Waals surface area (Å²) < 4.78 is 5.76. The highest BCUT2D eigenvalue weighted by Crippen LogP contribution is 2.43. The quantitative estimate of drug-likeness (QED) is 0.579. The summed E-state index contributed by atoms with van der Waals surface area (Å²) in [5.74, 6) is 1.54. The molecule has 1 amide bonds. The normalized spacial score (nSPS) is 15.1. The zero-order valence-corrected chi connectivity index (χ0v) is 16.8. The van der Waals surface area contributed by atoms with Crippen molar-refractivity contribution in [3.8, 4) is 11.5 Å². The van der Waals surface area contributed by atoms with Crippen molar-refractivity contribution < 1.29 is 9.21 Å². The third kappa shape index (κ3) is 3.45. The van der Waals surface area contributed by atoms with Gasteiger partial charge in [0.2, 0.25) is 12.3 Å². The first-order valence-electron chi connectivity index (χ1n) is 10.1. The molecule has 1 fully saturated rings. The monoisotopic (exact) mass is 402 g/mol. The third-order valence-electron chi connectivity index (χ3n) is 5.25. The number of hydrogen-bond donors (Lipinski definition) is 2. The highest BCUT2D eigenvalue weighted by atomic mass is 16.4. The first-order valence-corrected chi connectivity index (χ1v) is 10.1. The Balaban J connectivity index is 1.48. The van der Waals surface area contributed by atoms with E-state index >= 15 is 0 Å². The summed E-state index contributed by atoms with van der Waals surface area (Å²) in [5.41, 5.74) is 5.74. The fraction of sp³-hybridized carbons (Fsp3) is 0.318. The van der Waals surface area contributed by atoms with Gasteiger partial charge in [0.1, 0.15) is 0 Å². The topological polar surface area (TPSA) is 106 Å². The van der Waals surface area contributed by atoms with E-state index in [1.165, 1.54) is 5.56 Å². The Morgan fingerprint density at radius 1 is 1.23 bits per heavy atom. The van der Waals surface area contributed by atoms with Gasteiger partial charge in [-0.3, -0.25) is 4.79 Å². The number of carbonyl (C=O) groups excluding carboxylic acids is 1. The molecule has 152 valence electrons. The van der Waals surface area contributed by atoms with Gasteiger partial charge in [-0.05, 0) is 56.4 Å². The van der Waals surface area contributed by atoms with Crippen LogP contribution in [0.15, 0.2) is 34.9 Å². The van der Waals surface area contributed by atoms with E-state index in [0.29, 0.717) is 35.7 Å². The lowest BCUT2D eigenvalue weighted by Crippen LogP contribution is -2.09. The predicted molar refractivity (Wildman–Crippen MR) is 113 cm³/mol.